The van der Waals surface area contributed by atoms with E-state index in [0.717, 1.165) is 5.31 Å². The van der Waals surface area contributed by atoms with Crippen molar-refractivity contribution in [2.24, 2.45) is 5.92 Å². The first-order chi connectivity index (χ1) is 30.5. The Hall–Kier alpha value is -3.07. The number of carboxylic acids is 1. The lowest BCUT2D eigenvalue weighted by atomic mass is 9.70. The molecule has 3 fully saturated rings. The Morgan fingerprint density at radius 1 is 0.641 bits per heavy atom. The predicted molar refractivity (Wildman–Crippen MR) is 239 cm³/mol. The van der Waals surface area contributed by atoms with Crippen molar-refractivity contribution < 1.29 is 64.8 Å². The molecular weight excluding hydrogens is 827 g/mol. The zero-order valence-corrected chi connectivity index (χ0v) is 38.4. The SMILES string of the molecule is [3H]N(CCCC[C@H]1O[C@H](C)[C@H](O)[C@H]([B])[C@H]1NC(C)=O)CC(=O)N(CCCC[C@@H]1O[C@@H](C)[C@@H](O)[C@@H]([B])[C@@H]1NC(C)=O)CC(=O)C(CCCC[C@H]1O[C@H](C)[C@H](O)[C@H]([B])[C@H]1NC(C)=O)CC(=O)O. The van der Waals surface area contributed by atoms with Crippen molar-refractivity contribution in [3.63, 3.8) is 0 Å². The third kappa shape index (κ3) is 17.0. The number of aliphatic hydroxyl groups excluding tert-OH is 3. The maximum absolute atomic E-state index is 13.9. The zero-order valence-electron chi connectivity index (χ0n) is 39.4. The van der Waals surface area contributed by atoms with E-state index in [-0.39, 0.29) is 50.3 Å². The molecule has 18 nitrogen and oxygen atoms in total. The van der Waals surface area contributed by atoms with E-state index in [1.807, 2.05) is 0 Å². The second-order valence-corrected chi connectivity index (χ2v) is 18.0. The molecule has 4 amide bonds. The lowest BCUT2D eigenvalue weighted by molar-refractivity contribution is -0.142. The number of hydrogen-bond donors (Lipinski definition) is 8. The van der Waals surface area contributed by atoms with Gasteiger partial charge in [0.05, 0.1) is 116 Å². The first kappa shape index (κ1) is 53.5. The van der Waals surface area contributed by atoms with Gasteiger partial charge >= 0.3 is 5.97 Å². The molecule has 0 aromatic carbocycles. The van der Waals surface area contributed by atoms with Crippen LogP contribution < -0.4 is 21.3 Å². The number of carbonyl (C=O) groups excluding carboxylic acids is 5. The monoisotopic (exact) mass is 902 g/mol. The van der Waals surface area contributed by atoms with Gasteiger partial charge in [-0.25, -0.2) is 0 Å². The molecule has 356 valence electrons. The van der Waals surface area contributed by atoms with E-state index in [1.54, 1.807) is 20.8 Å². The van der Waals surface area contributed by atoms with Crippen molar-refractivity contribution in [1.82, 2.24) is 26.2 Å². The van der Waals surface area contributed by atoms with Crippen molar-refractivity contribution >= 4 is 58.9 Å². The van der Waals surface area contributed by atoms with Crippen LogP contribution in [0.1, 0.15) is 112 Å². The van der Waals surface area contributed by atoms with Gasteiger partial charge in [-0.15, -0.1) is 0 Å². The third-order valence-electron chi connectivity index (χ3n) is 12.7. The smallest absolute Gasteiger partial charge is 0.304 e. The van der Waals surface area contributed by atoms with E-state index < -0.39 is 121 Å². The fourth-order valence-corrected chi connectivity index (χ4v) is 9.08. The largest absolute Gasteiger partial charge is 0.481 e. The summed E-state index contributed by atoms with van der Waals surface area (Å²) < 4.78 is 26.6. The maximum Gasteiger partial charge on any atom is 0.304 e. The molecule has 21 heteroatoms. The lowest BCUT2D eigenvalue weighted by Gasteiger charge is -2.43. The Balaban J connectivity index is 1.67. The molecule has 0 aliphatic carbocycles. The predicted octanol–water partition coefficient (Wildman–Crippen LogP) is -0.205. The third-order valence-corrected chi connectivity index (χ3v) is 12.7. The van der Waals surface area contributed by atoms with Gasteiger partial charge in [-0.1, -0.05) is 12.8 Å². The molecule has 0 bridgehead atoms. The molecule has 16 atom stereocenters. The van der Waals surface area contributed by atoms with Gasteiger partial charge < -0.3 is 60.8 Å². The number of nitrogens with zero attached hydrogens (tertiary/aromatic N) is 1. The summed E-state index contributed by atoms with van der Waals surface area (Å²) in [6.07, 6.45) is -2.34. The van der Waals surface area contributed by atoms with Crippen molar-refractivity contribution in [2.45, 2.75) is 203 Å². The second-order valence-electron chi connectivity index (χ2n) is 18.0. The van der Waals surface area contributed by atoms with Gasteiger partial charge in [0.15, 0.2) is 5.78 Å². The summed E-state index contributed by atoms with van der Waals surface area (Å²) in [5.41, 5.74) is 0. The molecule has 0 aromatic heterocycles. The first-order valence-corrected chi connectivity index (χ1v) is 22.9. The molecule has 3 aliphatic rings. The van der Waals surface area contributed by atoms with Crippen molar-refractivity contribution in [3.8, 4) is 0 Å². The minimum atomic E-state index is -1.18. The Bertz CT molecular complexity index is 1580. The van der Waals surface area contributed by atoms with Gasteiger partial charge in [0, 0.05) is 33.2 Å². The number of aliphatic hydroxyl groups is 3. The van der Waals surface area contributed by atoms with E-state index in [9.17, 15) is 49.2 Å². The number of nitrogens with one attached hydrogen (secondary N) is 4. The quantitative estimate of drug-likeness (QED) is 0.0436. The molecular formula is C43H72B3N5O13. The molecule has 3 heterocycles. The Morgan fingerprint density at radius 2 is 1.03 bits per heavy atom. The van der Waals surface area contributed by atoms with Crippen molar-refractivity contribution in [3.05, 3.63) is 0 Å². The number of carbonyl (C=O) groups is 6. The average Bonchev–Trinajstić information content (AvgIpc) is 3.22. The normalized spacial score (nSPS) is 33.7. The van der Waals surface area contributed by atoms with E-state index in [0.29, 0.717) is 57.8 Å². The van der Waals surface area contributed by atoms with Crippen LogP contribution in [0.15, 0.2) is 0 Å². The van der Waals surface area contributed by atoms with Crippen LogP contribution in [0, 0.1) is 5.92 Å². The maximum atomic E-state index is 13.9. The van der Waals surface area contributed by atoms with E-state index in [4.69, 9.17) is 39.2 Å². The van der Waals surface area contributed by atoms with Crippen LogP contribution in [0.4, 0.5) is 0 Å². The molecule has 1 unspecified atom stereocenters. The highest BCUT2D eigenvalue weighted by Gasteiger charge is 2.43. The van der Waals surface area contributed by atoms with Crippen LogP contribution >= 0.6 is 0 Å². The summed E-state index contributed by atoms with van der Waals surface area (Å²) in [4.78, 5) is 76.9. The molecule has 3 rings (SSSR count). The molecule has 8 N–H and O–H groups in total. The summed E-state index contributed by atoms with van der Waals surface area (Å²) in [6, 6.07) is -1.92. The van der Waals surface area contributed by atoms with Crippen LogP contribution in [-0.2, 0) is 43.0 Å². The number of ether oxygens (including phenoxy) is 3. The number of carboxylic acid groups (broad SMARTS) is 1. The average molecular weight is 902 g/mol. The molecule has 64 heavy (non-hydrogen) atoms. The van der Waals surface area contributed by atoms with Gasteiger partial charge in [-0.05, 0) is 96.1 Å². The van der Waals surface area contributed by atoms with Crippen molar-refractivity contribution in [1.29, 1.82) is 0 Å². The van der Waals surface area contributed by atoms with Gasteiger partial charge in [-0.3, -0.25) is 28.8 Å². The highest BCUT2D eigenvalue weighted by molar-refractivity contribution is 6.13. The van der Waals surface area contributed by atoms with Gasteiger partial charge in [0.2, 0.25) is 23.6 Å². The molecule has 3 aliphatic heterocycles. The molecule has 0 aromatic rings. The summed E-state index contributed by atoms with van der Waals surface area (Å²) in [5.74, 6) is -6.32. The van der Waals surface area contributed by atoms with Gasteiger partial charge in [0.25, 0.3) is 0 Å². The van der Waals surface area contributed by atoms with E-state index in [1.165, 1.54) is 25.7 Å². The number of hydrogen-bond acceptors (Lipinski definition) is 13. The first-order valence-electron chi connectivity index (χ1n) is 23.3. The summed E-state index contributed by atoms with van der Waals surface area (Å²) >= 11 is 0. The Labute approximate surface area is 383 Å². The van der Waals surface area contributed by atoms with Crippen LogP contribution in [0.25, 0.3) is 0 Å². The van der Waals surface area contributed by atoms with Gasteiger partial charge in [-0.2, -0.15) is 0 Å². The standard InChI is InChI=1S/C43H72B3N5O13/c1-22-41(59)35(44)38(48-25(4)52)30(62-22)14-8-7-13-28(19-34(57)58)29(55)21-51(18-12-10-16-32-40(50-27(6)54)37(46)43(61)24(3)64-32)33(56)20-47-17-11-9-15-31-39(49-26(5)53)36(45)42(60)23(2)63-31/h22-24,28,30-32,35-43,47,59-61H,7-21H2,1-6H3,(H,48,52)(H,49,53)(H,50,54)(H,57,58)/t22-,23-,24+,28?,30-,31-,32+,35-,36-,37+,38+,39+,40-,41+,42+,43-/m1/s1/i/hT. The number of ketones is 1. The molecule has 0 saturated carbocycles. The zero-order chi connectivity index (χ0) is 48.7. The minimum absolute atomic E-state index is 0.0989. The topological polar surface area (TPSA) is 262 Å². The van der Waals surface area contributed by atoms with Crippen LogP contribution in [0.5, 0.6) is 0 Å². The summed E-state index contributed by atoms with van der Waals surface area (Å²) in [6.45, 7) is 8.66. The van der Waals surface area contributed by atoms with E-state index in [2.05, 4.69) is 16.0 Å². The van der Waals surface area contributed by atoms with Crippen LogP contribution in [0.3, 0.4) is 0 Å². The number of rotatable bonds is 25. The minimum Gasteiger partial charge on any atom is -0.481 e. The van der Waals surface area contributed by atoms with Gasteiger partial charge in [0.1, 0.15) is 1.41 Å². The lowest BCUT2D eigenvalue weighted by Crippen LogP contribution is -2.57. The molecule has 0 spiro atoms. The number of Topliss-reactive ketones (excluding diaryl/α,β-unsaturated/α-hetero) is 1. The second kappa shape index (κ2) is 26.9. The highest BCUT2D eigenvalue weighted by Crippen LogP contribution is 2.33. The Kier molecular flexibility index (Phi) is 22.5. The molecule has 3 saturated heterocycles. The van der Waals surface area contributed by atoms with E-state index >= 15 is 0 Å². The van der Waals surface area contributed by atoms with Crippen LogP contribution in [-0.4, -0.2) is 183 Å². The van der Waals surface area contributed by atoms with Crippen molar-refractivity contribution in [2.75, 3.05) is 26.2 Å². The fourth-order valence-electron chi connectivity index (χ4n) is 9.08. The Morgan fingerprint density at radius 3 is 1.42 bits per heavy atom. The summed E-state index contributed by atoms with van der Waals surface area (Å²) in [7, 11) is 18.8. The summed E-state index contributed by atoms with van der Waals surface area (Å²) in [5, 5.41) is 50.5. The fraction of sp³-hybridized carbons (Fsp3) is 0.860. The molecule has 6 radical (unpaired) electrons. The number of aliphatic carboxylic acids is 1. The number of amides is 4. The highest BCUT2D eigenvalue weighted by atomic mass is 16.5. The number of unbranched alkanes of at least 4 members (excludes halogenated alkanes) is 3. The van der Waals surface area contributed by atoms with Crippen LogP contribution in [0.2, 0.25) is 18.9 Å².